The molecule has 0 radical (unpaired) electrons. The first-order chi connectivity index (χ1) is 17.0. The van der Waals surface area contributed by atoms with Crippen molar-refractivity contribution < 1.29 is 27.1 Å². The van der Waals surface area contributed by atoms with Crippen molar-refractivity contribution in [2.24, 2.45) is 0 Å². The summed E-state index contributed by atoms with van der Waals surface area (Å²) in [5.74, 6) is -2.19. The number of H-pyrrole nitrogens is 1. The smallest absolute Gasteiger partial charge is 0.419 e. The first kappa shape index (κ1) is 25.3. The molecule has 1 aromatic heterocycles. The maximum atomic E-state index is 13.5. The first-order valence-electron chi connectivity index (χ1n) is 10.00. The molecule has 1 amide bonds. The molecule has 0 spiro atoms. The van der Waals surface area contributed by atoms with Crippen molar-refractivity contribution in [3.63, 3.8) is 0 Å². The minimum Gasteiger partial charge on any atom is -0.496 e. The van der Waals surface area contributed by atoms with E-state index in [4.69, 9.17) is 27.9 Å². The summed E-state index contributed by atoms with van der Waals surface area (Å²) in [5, 5.41) is 7.02. The molecule has 0 aliphatic rings. The molecular weight excluding hydrogens is 527 g/mol. The lowest BCUT2D eigenvalue weighted by Gasteiger charge is -2.13. The normalized spacial score (nSPS) is 11.4. The average molecular weight is 541 g/mol. The monoisotopic (exact) mass is 540 g/mol. The van der Waals surface area contributed by atoms with Gasteiger partial charge in [-0.05, 0) is 42.5 Å². The highest BCUT2D eigenvalue weighted by Crippen LogP contribution is 2.34. The van der Waals surface area contributed by atoms with Gasteiger partial charge in [-0.1, -0.05) is 29.3 Å². The SMILES string of the molecule is COc1cc(-n2nc(-c3c(Cl)cccc3Cl)[nH]c2=O)ccc1C(=O)Nc1ccc(F)c(C(F)(F)F)c1. The summed E-state index contributed by atoms with van der Waals surface area (Å²) >= 11 is 12.4. The largest absolute Gasteiger partial charge is 0.496 e. The Bertz CT molecular complexity index is 1510. The molecule has 0 saturated heterocycles. The van der Waals surface area contributed by atoms with Crippen LogP contribution in [0.2, 0.25) is 10.0 Å². The number of aromatic nitrogens is 3. The number of nitrogens with one attached hydrogen (secondary N) is 2. The average Bonchev–Trinajstić information content (AvgIpc) is 3.20. The summed E-state index contributed by atoms with van der Waals surface area (Å²) in [5.41, 5.74) is -1.96. The van der Waals surface area contributed by atoms with Crippen molar-refractivity contribution in [2.45, 2.75) is 6.18 Å². The minimum atomic E-state index is -4.94. The lowest BCUT2D eigenvalue weighted by Crippen LogP contribution is -2.18. The van der Waals surface area contributed by atoms with Crippen molar-refractivity contribution in [2.75, 3.05) is 12.4 Å². The fourth-order valence-electron chi connectivity index (χ4n) is 3.35. The number of methoxy groups -OCH3 is 1. The number of hydrogen-bond acceptors (Lipinski definition) is 4. The van der Waals surface area contributed by atoms with E-state index in [2.05, 4.69) is 15.4 Å². The zero-order valence-corrected chi connectivity index (χ0v) is 19.6. The Kier molecular flexibility index (Phi) is 6.79. The fraction of sp³-hybridized carbons (Fsp3) is 0.0870. The number of rotatable bonds is 5. The number of hydrogen-bond donors (Lipinski definition) is 2. The quantitative estimate of drug-likeness (QED) is 0.306. The van der Waals surface area contributed by atoms with Gasteiger partial charge in [0.15, 0.2) is 5.82 Å². The van der Waals surface area contributed by atoms with Gasteiger partial charge in [0.25, 0.3) is 5.91 Å². The molecule has 0 bridgehead atoms. The summed E-state index contributed by atoms with van der Waals surface area (Å²) in [6.07, 6.45) is -4.94. The molecule has 4 aromatic rings. The molecule has 0 fully saturated rings. The number of carbonyl (C=O) groups excluding carboxylic acids is 1. The molecule has 0 unspecified atom stereocenters. The minimum absolute atomic E-state index is 0.00428. The summed E-state index contributed by atoms with van der Waals surface area (Å²) in [4.78, 5) is 27.8. The number of carbonyl (C=O) groups is 1. The molecule has 7 nitrogen and oxygen atoms in total. The van der Waals surface area contributed by atoms with Crippen LogP contribution >= 0.6 is 23.2 Å². The van der Waals surface area contributed by atoms with Crippen molar-refractivity contribution in [3.05, 3.63) is 92.1 Å². The van der Waals surface area contributed by atoms with Gasteiger partial charge < -0.3 is 10.1 Å². The molecule has 36 heavy (non-hydrogen) atoms. The van der Waals surface area contributed by atoms with Gasteiger partial charge in [0.2, 0.25) is 0 Å². The maximum Gasteiger partial charge on any atom is 0.419 e. The van der Waals surface area contributed by atoms with Crippen LogP contribution in [0.25, 0.3) is 17.1 Å². The van der Waals surface area contributed by atoms with Gasteiger partial charge in [0.05, 0.1) is 39.5 Å². The molecule has 13 heteroatoms. The second kappa shape index (κ2) is 9.67. The zero-order valence-electron chi connectivity index (χ0n) is 18.1. The molecule has 0 atom stereocenters. The second-order valence-electron chi connectivity index (χ2n) is 7.32. The molecule has 0 saturated carbocycles. The van der Waals surface area contributed by atoms with Crippen molar-refractivity contribution in [3.8, 4) is 22.8 Å². The predicted octanol–water partition coefficient (Wildman–Crippen LogP) is 5.95. The highest BCUT2D eigenvalue weighted by Gasteiger charge is 2.34. The molecule has 4 rings (SSSR count). The van der Waals surface area contributed by atoms with Crippen LogP contribution in [0.1, 0.15) is 15.9 Å². The van der Waals surface area contributed by atoms with Crippen LogP contribution in [-0.4, -0.2) is 27.8 Å². The lowest BCUT2D eigenvalue weighted by molar-refractivity contribution is -0.139. The Morgan fingerprint density at radius 3 is 2.42 bits per heavy atom. The van der Waals surface area contributed by atoms with Crippen LogP contribution in [0.15, 0.2) is 59.4 Å². The molecule has 0 aliphatic carbocycles. The Balaban J connectivity index is 1.66. The summed E-state index contributed by atoms with van der Waals surface area (Å²) in [7, 11) is 1.26. The van der Waals surface area contributed by atoms with Gasteiger partial charge >= 0.3 is 11.9 Å². The van der Waals surface area contributed by atoms with Crippen LogP contribution in [-0.2, 0) is 6.18 Å². The van der Waals surface area contributed by atoms with Gasteiger partial charge in [-0.2, -0.15) is 17.9 Å². The number of aromatic amines is 1. The molecule has 2 N–H and O–H groups in total. The van der Waals surface area contributed by atoms with Gasteiger partial charge in [0, 0.05) is 11.8 Å². The third-order valence-electron chi connectivity index (χ3n) is 5.02. The van der Waals surface area contributed by atoms with E-state index in [-0.39, 0.29) is 38.6 Å². The second-order valence-corrected chi connectivity index (χ2v) is 8.13. The van der Waals surface area contributed by atoms with Crippen LogP contribution in [0.5, 0.6) is 5.75 Å². The van der Waals surface area contributed by atoms with E-state index in [9.17, 15) is 27.2 Å². The van der Waals surface area contributed by atoms with E-state index in [1.54, 1.807) is 18.2 Å². The summed E-state index contributed by atoms with van der Waals surface area (Å²) in [6.45, 7) is 0. The maximum absolute atomic E-state index is 13.5. The Morgan fingerprint density at radius 1 is 1.08 bits per heavy atom. The van der Waals surface area contributed by atoms with E-state index >= 15 is 0 Å². The van der Waals surface area contributed by atoms with Crippen LogP contribution in [0.3, 0.4) is 0 Å². The van der Waals surface area contributed by atoms with E-state index in [0.717, 1.165) is 10.7 Å². The van der Waals surface area contributed by atoms with E-state index < -0.39 is 29.2 Å². The third-order valence-corrected chi connectivity index (χ3v) is 5.65. The Morgan fingerprint density at radius 2 is 1.78 bits per heavy atom. The number of anilines is 1. The molecule has 0 aliphatic heterocycles. The Labute approximate surface area is 210 Å². The summed E-state index contributed by atoms with van der Waals surface area (Å²) in [6, 6.07) is 10.9. The highest BCUT2D eigenvalue weighted by molar-refractivity contribution is 6.38. The number of alkyl halides is 3. The molecule has 186 valence electrons. The van der Waals surface area contributed by atoms with Crippen LogP contribution in [0.4, 0.5) is 23.2 Å². The zero-order chi connectivity index (χ0) is 26.2. The third kappa shape index (κ3) is 4.93. The van der Waals surface area contributed by atoms with Crippen LogP contribution in [0, 0.1) is 5.82 Å². The van der Waals surface area contributed by atoms with E-state index in [1.807, 2.05) is 0 Å². The number of benzene rings is 3. The van der Waals surface area contributed by atoms with Gasteiger partial charge in [-0.15, -0.1) is 5.10 Å². The van der Waals surface area contributed by atoms with E-state index in [0.29, 0.717) is 17.7 Å². The summed E-state index contributed by atoms with van der Waals surface area (Å²) < 4.78 is 58.7. The number of amides is 1. The first-order valence-corrected chi connectivity index (χ1v) is 10.8. The van der Waals surface area contributed by atoms with Crippen LogP contribution < -0.4 is 15.7 Å². The number of halogens is 6. The lowest BCUT2D eigenvalue weighted by atomic mass is 10.1. The highest BCUT2D eigenvalue weighted by atomic mass is 35.5. The standard InChI is InChI=1S/C23H14Cl2F4N4O3/c1-36-18-10-12(33-22(35)31-20(32-33)19-15(24)3-2-4-16(19)25)6-7-13(18)21(34)30-11-5-8-17(26)14(9-11)23(27,28)29/h2-10H,1H3,(H,30,34)(H,31,32,35). The fourth-order valence-corrected chi connectivity index (χ4v) is 3.93. The van der Waals surface area contributed by atoms with Crippen molar-refractivity contribution in [1.82, 2.24) is 14.8 Å². The molecular formula is C23H14Cl2F4N4O3. The predicted molar refractivity (Wildman–Crippen MR) is 126 cm³/mol. The van der Waals surface area contributed by atoms with Crippen molar-refractivity contribution in [1.29, 1.82) is 0 Å². The Hall–Kier alpha value is -3.83. The van der Waals surface area contributed by atoms with Gasteiger partial charge in [-0.25, -0.2) is 9.18 Å². The molecule has 1 heterocycles. The number of ether oxygens (including phenoxy) is 1. The number of nitrogens with zero attached hydrogens (tertiary/aromatic N) is 2. The molecule has 3 aromatic carbocycles. The van der Waals surface area contributed by atoms with Crippen molar-refractivity contribution >= 4 is 34.8 Å². The van der Waals surface area contributed by atoms with E-state index in [1.165, 1.54) is 25.3 Å². The van der Waals surface area contributed by atoms with Gasteiger partial charge in [-0.3, -0.25) is 9.78 Å². The van der Waals surface area contributed by atoms with Gasteiger partial charge in [0.1, 0.15) is 11.6 Å². The topological polar surface area (TPSA) is 89.0 Å².